The van der Waals surface area contributed by atoms with E-state index < -0.39 is 11.7 Å². The standard InChI is InChI=1S/C23H28FN7O2/c1-31(2)23(33)19-10-12-9-13(7-8-17(12)28-19)27-21-14(20(26)32)11-15(24)22(30-21)29-18-6-4-3-5-16(18)25/h7-11,16,18,28H,3-6,25H2,1-2H3,(H2,26,32)(H2,27,29,30)/t16-,18+/m0/s1. The van der Waals surface area contributed by atoms with E-state index in [-0.39, 0.29) is 35.2 Å². The van der Waals surface area contributed by atoms with E-state index in [1.807, 2.05) is 0 Å². The van der Waals surface area contributed by atoms with Crippen LogP contribution in [0.25, 0.3) is 10.9 Å². The normalized spacial score (nSPS) is 18.2. The van der Waals surface area contributed by atoms with E-state index in [4.69, 9.17) is 11.5 Å². The first-order valence-corrected chi connectivity index (χ1v) is 10.9. The van der Waals surface area contributed by atoms with E-state index in [0.29, 0.717) is 11.4 Å². The molecule has 2 atom stereocenters. The van der Waals surface area contributed by atoms with Gasteiger partial charge in [0.1, 0.15) is 11.5 Å². The fraction of sp³-hybridized carbons (Fsp3) is 0.348. The molecule has 1 aromatic carbocycles. The fourth-order valence-electron chi connectivity index (χ4n) is 4.09. The molecule has 7 N–H and O–H groups in total. The first-order valence-electron chi connectivity index (χ1n) is 10.9. The largest absolute Gasteiger partial charge is 0.365 e. The molecule has 0 bridgehead atoms. The van der Waals surface area contributed by atoms with Crippen molar-refractivity contribution in [2.45, 2.75) is 37.8 Å². The van der Waals surface area contributed by atoms with Crippen LogP contribution in [0, 0.1) is 5.82 Å². The molecule has 1 aliphatic rings. The zero-order valence-electron chi connectivity index (χ0n) is 18.6. The minimum atomic E-state index is -0.800. The number of H-pyrrole nitrogens is 1. The van der Waals surface area contributed by atoms with Gasteiger partial charge in [0, 0.05) is 42.8 Å². The molecule has 0 radical (unpaired) electrons. The number of hydrogen-bond donors (Lipinski definition) is 5. The van der Waals surface area contributed by atoms with Gasteiger partial charge in [-0.25, -0.2) is 9.37 Å². The van der Waals surface area contributed by atoms with Crippen LogP contribution in [0.15, 0.2) is 30.3 Å². The molecule has 0 unspecified atom stereocenters. The van der Waals surface area contributed by atoms with Crippen molar-refractivity contribution in [3.63, 3.8) is 0 Å². The maximum absolute atomic E-state index is 14.7. The quantitative estimate of drug-likeness (QED) is 0.388. The number of aromatic nitrogens is 2. The highest BCUT2D eigenvalue weighted by atomic mass is 19.1. The van der Waals surface area contributed by atoms with E-state index in [1.54, 1.807) is 38.4 Å². The number of hydrogen-bond acceptors (Lipinski definition) is 6. The molecule has 174 valence electrons. The number of carbonyl (C=O) groups is 2. The number of pyridine rings is 1. The molecule has 0 aliphatic heterocycles. The minimum absolute atomic E-state index is 0.0199. The number of rotatable bonds is 6. The summed E-state index contributed by atoms with van der Waals surface area (Å²) in [5.74, 6) is -1.46. The van der Waals surface area contributed by atoms with Crippen LogP contribution in [-0.2, 0) is 0 Å². The summed E-state index contributed by atoms with van der Waals surface area (Å²) in [6.45, 7) is 0. The Bertz CT molecular complexity index is 1210. The van der Waals surface area contributed by atoms with Crippen LogP contribution in [0.5, 0.6) is 0 Å². The van der Waals surface area contributed by atoms with Crippen LogP contribution < -0.4 is 22.1 Å². The van der Waals surface area contributed by atoms with Gasteiger partial charge < -0.3 is 32.0 Å². The second kappa shape index (κ2) is 9.07. The van der Waals surface area contributed by atoms with Gasteiger partial charge in [-0.3, -0.25) is 9.59 Å². The summed E-state index contributed by atoms with van der Waals surface area (Å²) < 4.78 is 14.7. The summed E-state index contributed by atoms with van der Waals surface area (Å²) in [4.78, 5) is 33.1. The van der Waals surface area contributed by atoms with E-state index in [0.717, 1.165) is 42.7 Å². The van der Waals surface area contributed by atoms with Gasteiger partial charge in [-0.15, -0.1) is 0 Å². The number of halogens is 1. The highest BCUT2D eigenvalue weighted by Gasteiger charge is 2.24. The highest BCUT2D eigenvalue weighted by Crippen LogP contribution is 2.28. The maximum Gasteiger partial charge on any atom is 0.269 e. The molecule has 1 fully saturated rings. The molecule has 4 rings (SSSR count). The second-order valence-electron chi connectivity index (χ2n) is 8.59. The summed E-state index contributed by atoms with van der Waals surface area (Å²) in [5, 5.41) is 6.95. The highest BCUT2D eigenvalue weighted by molar-refractivity contribution is 6.00. The van der Waals surface area contributed by atoms with Gasteiger partial charge in [0.05, 0.1) is 5.56 Å². The van der Waals surface area contributed by atoms with Crippen molar-refractivity contribution in [2.24, 2.45) is 11.5 Å². The third-order valence-corrected chi connectivity index (χ3v) is 5.90. The van der Waals surface area contributed by atoms with Gasteiger partial charge in [-0.1, -0.05) is 12.8 Å². The van der Waals surface area contributed by atoms with Crippen molar-refractivity contribution in [1.82, 2.24) is 14.9 Å². The lowest BCUT2D eigenvalue weighted by molar-refractivity contribution is 0.0822. The summed E-state index contributed by atoms with van der Waals surface area (Å²) in [6.07, 6.45) is 3.73. The first-order chi connectivity index (χ1) is 15.7. The molecular formula is C23H28FN7O2. The Morgan fingerprint density at radius 2 is 1.91 bits per heavy atom. The van der Waals surface area contributed by atoms with Crippen molar-refractivity contribution in [1.29, 1.82) is 0 Å². The molecule has 10 heteroatoms. The number of aromatic amines is 1. The maximum atomic E-state index is 14.7. The van der Waals surface area contributed by atoms with Crippen molar-refractivity contribution < 1.29 is 14.0 Å². The molecule has 9 nitrogen and oxygen atoms in total. The van der Waals surface area contributed by atoms with Crippen LogP contribution in [0.3, 0.4) is 0 Å². The molecule has 0 spiro atoms. The fourth-order valence-corrected chi connectivity index (χ4v) is 4.09. The van der Waals surface area contributed by atoms with Gasteiger partial charge in [0.15, 0.2) is 11.6 Å². The summed E-state index contributed by atoms with van der Waals surface area (Å²) in [7, 11) is 3.36. The van der Waals surface area contributed by atoms with E-state index >= 15 is 0 Å². The zero-order valence-corrected chi connectivity index (χ0v) is 18.6. The van der Waals surface area contributed by atoms with Crippen LogP contribution >= 0.6 is 0 Å². The van der Waals surface area contributed by atoms with E-state index in [1.165, 1.54) is 4.90 Å². The average Bonchev–Trinajstić information content (AvgIpc) is 3.19. The lowest BCUT2D eigenvalue weighted by Gasteiger charge is -2.30. The van der Waals surface area contributed by atoms with Crippen LogP contribution in [0.4, 0.5) is 21.7 Å². The number of nitrogens with two attached hydrogens (primary N) is 2. The van der Waals surface area contributed by atoms with Crippen molar-refractivity contribution in [2.75, 3.05) is 24.7 Å². The van der Waals surface area contributed by atoms with Gasteiger partial charge >= 0.3 is 0 Å². The number of fused-ring (bicyclic) bond motifs is 1. The van der Waals surface area contributed by atoms with Crippen molar-refractivity contribution in [3.8, 4) is 0 Å². The van der Waals surface area contributed by atoms with Gasteiger partial charge in [-0.05, 0) is 43.2 Å². The Morgan fingerprint density at radius 3 is 2.61 bits per heavy atom. The van der Waals surface area contributed by atoms with Gasteiger partial charge in [0.25, 0.3) is 11.8 Å². The Hall–Kier alpha value is -3.66. The SMILES string of the molecule is CN(C)C(=O)c1cc2cc(Nc3nc(N[C@@H]4CCCC[C@@H]4N)c(F)cc3C(N)=O)ccc2[nH]1. The number of nitrogens with one attached hydrogen (secondary N) is 3. The third-order valence-electron chi connectivity index (χ3n) is 5.90. The van der Waals surface area contributed by atoms with E-state index in [9.17, 15) is 14.0 Å². The van der Waals surface area contributed by atoms with Crippen LogP contribution in [0.1, 0.15) is 46.5 Å². The number of amides is 2. The summed E-state index contributed by atoms with van der Waals surface area (Å²) >= 11 is 0. The minimum Gasteiger partial charge on any atom is -0.365 e. The molecule has 2 aromatic heterocycles. The Kier molecular flexibility index (Phi) is 6.19. The van der Waals surface area contributed by atoms with Crippen molar-refractivity contribution in [3.05, 3.63) is 47.4 Å². The average molecular weight is 454 g/mol. The van der Waals surface area contributed by atoms with Gasteiger partial charge in [-0.2, -0.15) is 0 Å². The summed E-state index contributed by atoms with van der Waals surface area (Å²) in [5.41, 5.74) is 13.4. The Labute approximate surface area is 190 Å². The number of anilines is 3. The predicted octanol–water partition coefficient (Wildman–Crippen LogP) is 2.93. The molecule has 2 heterocycles. The number of carbonyl (C=O) groups excluding carboxylic acids is 2. The lowest BCUT2D eigenvalue weighted by atomic mass is 9.91. The molecule has 0 saturated heterocycles. The second-order valence-corrected chi connectivity index (χ2v) is 8.59. The van der Waals surface area contributed by atoms with Crippen LogP contribution in [-0.4, -0.2) is 52.9 Å². The van der Waals surface area contributed by atoms with E-state index in [2.05, 4.69) is 20.6 Å². The first kappa shape index (κ1) is 22.5. The third kappa shape index (κ3) is 4.75. The van der Waals surface area contributed by atoms with Gasteiger partial charge in [0.2, 0.25) is 0 Å². The Balaban J connectivity index is 1.65. The number of benzene rings is 1. The van der Waals surface area contributed by atoms with Crippen LogP contribution in [0.2, 0.25) is 0 Å². The predicted molar refractivity (Wildman–Crippen MR) is 126 cm³/mol. The monoisotopic (exact) mass is 453 g/mol. The molecule has 1 aliphatic carbocycles. The smallest absolute Gasteiger partial charge is 0.269 e. The lowest BCUT2D eigenvalue weighted by Crippen LogP contribution is -2.43. The molecule has 33 heavy (non-hydrogen) atoms. The molecule has 2 amide bonds. The Morgan fingerprint density at radius 1 is 1.15 bits per heavy atom. The molecule has 1 saturated carbocycles. The summed E-state index contributed by atoms with van der Waals surface area (Å²) in [6, 6.07) is 8.00. The van der Waals surface area contributed by atoms with Crippen molar-refractivity contribution >= 4 is 40.0 Å². The zero-order chi connectivity index (χ0) is 23.7. The molecular weight excluding hydrogens is 425 g/mol. The number of primary amides is 1. The number of nitrogens with zero attached hydrogens (tertiary/aromatic N) is 2. The topological polar surface area (TPSA) is 142 Å². The molecule has 3 aromatic rings.